The van der Waals surface area contributed by atoms with E-state index in [1.54, 1.807) is 6.07 Å². The Morgan fingerprint density at radius 3 is 2.12 bits per heavy atom. The maximum absolute atomic E-state index is 12.9. The zero-order valence-electron chi connectivity index (χ0n) is 13.9. The van der Waals surface area contributed by atoms with Crippen molar-refractivity contribution in [3.8, 4) is 11.1 Å². The maximum Gasteiger partial charge on any atom is 0.416 e. The van der Waals surface area contributed by atoms with Crippen LogP contribution in [0.1, 0.15) is 56.1 Å². The van der Waals surface area contributed by atoms with Gasteiger partial charge < -0.3 is 0 Å². The Hall–Kier alpha value is -1.77. The predicted octanol–water partition coefficient (Wildman–Crippen LogP) is 7.06. The molecule has 0 heterocycles. The van der Waals surface area contributed by atoms with E-state index in [0.717, 1.165) is 17.5 Å². The van der Waals surface area contributed by atoms with Crippen LogP contribution in [0.15, 0.2) is 48.5 Å². The fraction of sp³-hybridized carbons (Fsp3) is 0.429. The van der Waals surface area contributed by atoms with Crippen LogP contribution >= 0.6 is 0 Å². The molecular weight excluding hydrogens is 309 g/mol. The smallest absolute Gasteiger partial charge is 0.166 e. The molecule has 24 heavy (non-hydrogen) atoms. The highest BCUT2D eigenvalue weighted by molar-refractivity contribution is 5.64. The molecule has 0 radical (unpaired) electrons. The van der Waals surface area contributed by atoms with E-state index in [1.807, 2.05) is 12.1 Å². The summed E-state index contributed by atoms with van der Waals surface area (Å²) < 4.78 is 38.6. The van der Waals surface area contributed by atoms with Gasteiger partial charge >= 0.3 is 6.18 Å². The number of hydrogen-bond donors (Lipinski definition) is 0. The molecule has 0 nitrogen and oxygen atoms in total. The first-order chi connectivity index (χ1) is 11.5. The summed E-state index contributed by atoms with van der Waals surface area (Å²) in [6, 6.07) is 13.6. The van der Waals surface area contributed by atoms with Gasteiger partial charge in [-0.1, -0.05) is 49.7 Å². The minimum absolute atomic E-state index is 0.595. The molecule has 1 fully saturated rings. The lowest BCUT2D eigenvalue weighted by Gasteiger charge is -2.28. The summed E-state index contributed by atoms with van der Waals surface area (Å²) >= 11 is 0. The van der Waals surface area contributed by atoms with Gasteiger partial charge in [0.2, 0.25) is 0 Å². The van der Waals surface area contributed by atoms with Gasteiger partial charge in [0.1, 0.15) is 0 Å². The van der Waals surface area contributed by atoms with Crippen LogP contribution in [0.25, 0.3) is 11.1 Å². The van der Waals surface area contributed by atoms with E-state index >= 15 is 0 Å². The van der Waals surface area contributed by atoms with Gasteiger partial charge in [0.05, 0.1) is 5.56 Å². The summed E-state index contributed by atoms with van der Waals surface area (Å²) in [6.07, 6.45) is 1.99. The van der Waals surface area contributed by atoms with Crippen molar-refractivity contribution in [1.82, 2.24) is 0 Å². The van der Waals surface area contributed by atoms with Crippen LogP contribution in [0.3, 0.4) is 0 Å². The molecule has 128 valence electrons. The van der Waals surface area contributed by atoms with Crippen molar-refractivity contribution >= 4 is 0 Å². The van der Waals surface area contributed by atoms with Crippen molar-refractivity contribution in [3.05, 3.63) is 59.7 Å². The van der Waals surface area contributed by atoms with E-state index in [-0.39, 0.29) is 0 Å². The van der Waals surface area contributed by atoms with Crippen molar-refractivity contribution in [2.75, 3.05) is 0 Å². The molecule has 0 amide bonds. The Balaban J connectivity index is 1.75. The minimum Gasteiger partial charge on any atom is -0.166 e. The molecule has 1 aliphatic carbocycles. The van der Waals surface area contributed by atoms with Gasteiger partial charge in [-0.25, -0.2) is 0 Å². The second-order valence-corrected chi connectivity index (χ2v) is 6.83. The fourth-order valence-electron chi connectivity index (χ4n) is 3.73. The van der Waals surface area contributed by atoms with Crippen molar-refractivity contribution in [2.24, 2.45) is 5.92 Å². The Morgan fingerprint density at radius 2 is 1.54 bits per heavy atom. The van der Waals surface area contributed by atoms with Crippen LogP contribution < -0.4 is 0 Å². The van der Waals surface area contributed by atoms with Crippen molar-refractivity contribution in [2.45, 2.75) is 51.1 Å². The highest BCUT2D eigenvalue weighted by atomic mass is 19.4. The molecule has 0 atom stereocenters. The molecule has 2 aromatic carbocycles. The fourth-order valence-corrected chi connectivity index (χ4v) is 3.73. The van der Waals surface area contributed by atoms with Crippen LogP contribution in [-0.2, 0) is 6.18 Å². The second kappa shape index (κ2) is 7.00. The molecule has 0 unspecified atom stereocenters. The summed E-state index contributed by atoms with van der Waals surface area (Å²) in [5, 5.41) is 0. The van der Waals surface area contributed by atoms with E-state index in [9.17, 15) is 13.2 Å². The minimum atomic E-state index is -4.30. The third-order valence-electron chi connectivity index (χ3n) is 5.33. The van der Waals surface area contributed by atoms with E-state index in [4.69, 9.17) is 0 Å². The molecule has 2 aromatic rings. The molecule has 1 aliphatic rings. The van der Waals surface area contributed by atoms with Crippen LogP contribution in [0.5, 0.6) is 0 Å². The van der Waals surface area contributed by atoms with Crippen LogP contribution in [-0.4, -0.2) is 0 Å². The number of rotatable bonds is 3. The molecule has 0 aromatic heterocycles. The third kappa shape index (κ3) is 3.82. The summed E-state index contributed by atoms with van der Waals surface area (Å²) in [5.74, 6) is 1.47. The van der Waals surface area contributed by atoms with Gasteiger partial charge in [-0.2, -0.15) is 13.2 Å². The monoisotopic (exact) mass is 332 g/mol. The van der Waals surface area contributed by atoms with E-state index in [0.29, 0.717) is 11.5 Å². The molecule has 3 rings (SSSR count). The van der Waals surface area contributed by atoms with Crippen molar-refractivity contribution in [1.29, 1.82) is 0 Å². The number of alkyl halides is 3. The summed E-state index contributed by atoms with van der Waals surface area (Å²) in [5.41, 5.74) is 2.18. The Labute approximate surface area is 141 Å². The van der Waals surface area contributed by atoms with E-state index in [1.165, 1.54) is 49.8 Å². The number of hydrogen-bond acceptors (Lipinski definition) is 0. The standard InChI is InChI=1S/C21H23F3/c1-2-15-6-8-16(9-7-15)17-10-12-18(13-11-17)19-4-3-5-20(14-19)21(22,23)24/h3-5,10-16H,2,6-9H2,1H3. The molecule has 0 N–H and O–H groups in total. The summed E-state index contributed by atoms with van der Waals surface area (Å²) in [7, 11) is 0. The molecule has 1 saturated carbocycles. The van der Waals surface area contributed by atoms with Crippen LogP contribution in [0.2, 0.25) is 0 Å². The molecule has 0 bridgehead atoms. The summed E-state index contributed by atoms with van der Waals surface area (Å²) in [6.45, 7) is 2.26. The first kappa shape index (κ1) is 17.1. The topological polar surface area (TPSA) is 0 Å². The zero-order chi connectivity index (χ0) is 17.2. The van der Waals surface area contributed by atoms with Gasteiger partial charge in [-0.3, -0.25) is 0 Å². The van der Waals surface area contributed by atoms with Gasteiger partial charge in [0.25, 0.3) is 0 Å². The molecule has 0 spiro atoms. The van der Waals surface area contributed by atoms with Crippen LogP contribution in [0.4, 0.5) is 13.2 Å². The Kier molecular flexibility index (Phi) is 4.98. The Bertz CT molecular complexity index is 662. The van der Waals surface area contributed by atoms with Crippen LogP contribution in [0, 0.1) is 5.92 Å². The van der Waals surface area contributed by atoms with Gasteiger partial charge in [-0.15, -0.1) is 0 Å². The highest BCUT2D eigenvalue weighted by Gasteiger charge is 2.30. The normalized spacial score (nSPS) is 21.7. The lowest BCUT2D eigenvalue weighted by atomic mass is 9.77. The maximum atomic E-state index is 12.9. The van der Waals surface area contributed by atoms with Crippen molar-refractivity contribution < 1.29 is 13.2 Å². The first-order valence-electron chi connectivity index (χ1n) is 8.75. The average Bonchev–Trinajstić information content (AvgIpc) is 2.61. The largest absolute Gasteiger partial charge is 0.416 e. The van der Waals surface area contributed by atoms with Gasteiger partial charge in [0.15, 0.2) is 0 Å². The van der Waals surface area contributed by atoms with Crippen molar-refractivity contribution in [3.63, 3.8) is 0 Å². The average molecular weight is 332 g/mol. The van der Waals surface area contributed by atoms with Gasteiger partial charge in [-0.05, 0) is 66.3 Å². The predicted molar refractivity (Wildman–Crippen MR) is 91.9 cm³/mol. The molecule has 3 heteroatoms. The number of benzene rings is 2. The lowest BCUT2D eigenvalue weighted by molar-refractivity contribution is -0.137. The quantitative estimate of drug-likeness (QED) is 0.564. The van der Waals surface area contributed by atoms with E-state index in [2.05, 4.69) is 19.1 Å². The Morgan fingerprint density at radius 1 is 0.875 bits per heavy atom. The molecule has 0 saturated heterocycles. The summed E-state index contributed by atoms with van der Waals surface area (Å²) in [4.78, 5) is 0. The highest BCUT2D eigenvalue weighted by Crippen LogP contribution is 2.38. The molecule has 0 aliphatic heterocycles. The third-order valence-corrected chi connectivity index (χ3v) is 5.33. The van der Waals surface area contributed by atoms with Gasteiger partial charge in [0, 0.05) is 0 Å². The molecular formula is C21H23F3. The first-order valence-corrected chi connectivity index (χ1v) is 8.75. The zero-order valence-corrected chi connectivity index (χ0v) is 13.9. The SMILES string of the molecule is CCC1CCC(c2ccc(-c3cccc(C(F)(F)F)c3)cc2)CC1. The number of halogens is 3. The lowest BCUT2D eigenvalue weighted by Crippen LogP contribution is -2.12. The van der Waals surface area contributed by atoms with E-state index < -0.39 is 11.7 Å². The second-order valence-electron chi connectivity index (χ2n) is 6.83.